The van der Waals surface area contributed by atoms with Crippen LogP contribution in [0.4, 0.5) is 0 Å². The normalized spacial score (nSPS) is 14.5. The third-order valence-electron chi connectivity index (χ3n) is 3.09. The molecule has 1 aliphatic rings. The highest BCUT2D eigenvalue weighted by atomic mass is 16.5. The zero-order valence-electron chi connectivity index (χ0n) is 10.1. The minimum absolute atomic E-state index is 0.0929. The van der Waals surface area contributed by atoms with Crippen molar-refractivity contribution in [3.05, 3.63) is 46.5 Å². The van der Waals surface area contributed by atoms with Crippen molar-refractivity contribution in [3.8, 4) is 17.0 Å². The van der Waals surface area contributed by atoms with Gasteiger partial charge < -0.3 is 9.72 Å². The Hall–Kier alpha value is -2.10. The maximum absolute atomic E-state index is 11.6. The van der Waals surface area contributed by atoms with Crippen LogP contribution in [-0.4, -0.2) is 17.1 Å². The number of hydrogen-bond donors (Lipinski definition) is 1. The van der Waals surface area contributed by atoms with E-state index < -0.39 is 0 Å². The molecule has 0 aliphatic heterocycles. The molecule has 0 amide bonds. The molecule has 1 aliphatic carbocycles. The third kappa shape index (κ3) is 2.14. The molecule has 3 rings (SSSR count). The highest BCUT2D eigenvalue weighted by molar-refractivity contribution is 5.60. The van der Waals surface area contributed by atoms with E-state index in [1.807, 2.05) is 24.3 Å². The number of hydrogen-bond acceptors (Lipinski definition) is 3. The fourth-order valence-electron chi connectivity index (χ4n) is 1.96. The smallest absolute Gasteiger partial charge is 0.251 e. The highest BCUT2D eigenvalue weighted by Crippen LogP contribution is 2.38. The first kappa shape index (κ1) is 11.0. The number of H-pyrrole nitrogens is 1. The monoisotopic (exact) mass is 242 g/mol. The van der Waals surface area contributed by atoms with Gasteiger partial charge in [0.1, 0.15) is 11.6 Å². The maximum atomic E-state index is 11.6. The van der Waals surface area contributed by atoms with Crippen molar-refractivity contribution in [2.24, 2.45) is 0 Å². The average Bonchev–Trinajstić information content (AvgIpc) is 3.22. The first-order valence-electron chi connectivity index (χ1n) is 6.02. The number of ether oxygens (including phenoxy) is 1. The maximum Gasteiger partial charge on any atom is 0.251 e. The molecule has 1 fully saturated rings. The molecule has 0 atom stereocenters. The van der Waals surface area contributed by atoms with Crippen molar-refractivity contribution in [1.29, 1.82) is 0 Å². The van der Waals surface area contributed by atoms with E-state index in [0.29, 0.717) is 11.6 Å². The van der Waals surface area contributed by atoms with E-state index in [4.69, 9.17) is 4.74 Å². The molecule has 0 unspecified atom stereocenters. The van der Waals surface area contributed by atoms with Crippen molar-refractivity contribution >= 4 is 0 Å². The highest BCUT2D eigenvalue weighted by Gasteiger charge is 2.26. The summed E-state index contributed by atoms with van der Waals surface area (Å²) in [6.45, 7) is 0. The van der Waals surface area contributed by atoms with Crippen molar-refractivity contribution in [2.75, 3.05) is 7.11 Å². The lowest BCUT2D eigenvalue weighted by molar-refractivity contribution is 0.415. The largest absolute Gasteiger partial charge is 0.497 e. The van der Waals surface area contributed by atoms with Crippen molar-refractivity contribution in [3.63, 3.8) is 0 Å². The minimum Gasteiger partial charge on any atom is -0.497 e. The van der Waals surface area contributed by atoms with E-state index in [1.54, 1.807) is 7.11 Å². The molecule has 1 aromatic heterocycles. The number of benzene rings is 1. The topological polar surface area (TPSA) is 55.0 Å². The molecule has 0 saturated heterocycles. The molecule has 1 saturated carbocycles. The quantitative estimate of drug-likeness (QED) is 0.898. The third-order valence-corrected chi connectivity index (χ3v) is 3.09. The number of methoxy groups -OCH3 is 1. The van der Waals surface area contributed by atoms with Crippen LogP contribution in [0.15, 0.2) is 35.1 Å². The standard InChI is InChI=1S/C14H14N2O2/c1-18-11-4-2-3-10(7-11)12-8-13(17)16-14(15-12)9-5-6-9/h2-4,7-9H,5-6H2,1H3,(H,15,16,17). The Kier molecular flexibility index (Phi) is 2.63. The van der Waals surface area contributed by atoms with Crippen molar-refractivity contribution in [2.45, 2.75) is 18.8 Å². The Balaban J connectivity index is 2.06. The van der Waals surface area contributed by atoms with Crippen LogP contribution < -0.4 is 10.3 Å². The predicted molar refractivity (Wildman–Crippen MR) is 68.8 cm³/mol. The van der Waals surface area contributed by atoms with Gasteiger partial charge in [-0.15, -0.1) is 0 Å². The number of rotatable bonds is 3. The Morgan fingerprint density at radius 2 is 2.17 bits per heavy atom. The Morgan fingerprint density at radius 3 is 2.89 bits per heavy atom. The van der Waals surface area contributed by atoms with Crippen molar-refractivity contribution in [1.82, 2.24) is 9.97 Å². The lowest BCUT2D eigenvalue weighted by atomic mass is 10.1. The van der Waals surface area contributed by atoms with Gasteiger partial charge in [0.2, 0.25) is 0 Å². The lowest BCUT2D eigenvalue weighted by Gasteiger charge is -2.05. The van der Waals surface area contributed by atoms with Crippen molar-refractivity contribution < 1.29 is 4.74 Å². The summed E-state index contributed by atoms with van der Waals surface area (Å²) < 4.78 is 5.18. The van der Waals surface area contributed by atoms with Crippen LogP contribution in [-0.2, 0) is 0 Å². The van der Waals surface area contributed by atoms with Crippen LogP contribution in [0.2, 0.25) is 0 Å². The Morgan fingerprint density at radius 1 is 1.33 bits per heavy atom. The molecule has 1 N–H and O–H groups in total. The second-order valence-corrected chi connectivity index (χ2v) is 4.52. The summed E-state index contributed by atoms with van der Waals surface area (Å²) in [4.78, 5) is 19.0. The summed E-state index contributed by atoms with van der Waals surface area (Å²) in [5.41, 5.74) is 1.52. The molecule has 1 heterocycles. The first-order valence-corrected chi connectivity index (χ1v) is 6.02. The van der Waals surface area contributed by atoms with Gasteiger partial charge in [-0.05, 0) is 25.0 Å². The minimum atomic E-state index is -0.0929. The molecule has 4 heteroatoms. The number of nitrogens with one attached hydrogen (secondary N) is 1. The average molecular weight is 242 g/mol. The number of nitrogens with zero attached hydrogens (tertiary/aromatic N) is 1. The molecule has 0 radical (unpaired) electrons. The first-order chi connectivity index (χ1) is 8.76. The van der Waals surface area contributed by atoms with Crippen LogP contribution in [0.25, 0.3) is 11.3 Å². The fourth-order valence-corrected chi connectivity index (χ4v) is 1.96. The molecule has 0 bridgehead atoms. The van der Waals surface area contributed by atoms with Gasteiger partial charge in [0.25, 0.3) is 5.56 Å². The van der Waals surface area contributed by atoms with E-state index in [2.05, 4.69) is 9.97 Å². The summed E-state index contributed by atoms with van der Waals surface area (Å²) in [7, 11) is 1.62. The van der Waals surface area contributed by atoms with E-state index in [9.17, 15) is 4.79 Å². The molecule has 2 aromatic rings. The van der Waals surface area contributed by atoms with Gasteiger partial charge in [-0.1, -0.05) is 12.1 Å². The molecular formula is C14H14N2O2. The van der Waals surface area contributed by atoms with E-state index in [-0.39, 0.29) is 5.56 Å². The van der Waals surface area contributed by atoms with Gasteiger partial charge in [0.05, 0.1) is 12.8 Å². The summed E-state index contributed by atoms with van der Waals surface area (Å²) >= 11 is 0. The summed E-state index contributed by atoms with van der Waals surface area (Å²) in [6.07, 6.45) is 2.23. The second kappa shape index (κ2) is 4.29. The molecule has 92 valence electrons. The molecule has 0 spiro atoms. The van der Waals surface area contributed by atoms with Gasteiger partial charge in [0.15, 0.2) is 0 Å². The summed E-state index contributed by atoms with van der Waals surface area (Å²) in [5, 5.41) is 0. The molecule has 18 heavy (non-hydrogen) atoms. The van der Waals surface area contributed by atoms with E-state index in [0.717, 1.165) is 30.0 Å². The van der Waals surface area contributed by atoms with Gasteiger partial charge in [-0.2, -0.15) is 0 Å². The Labute approximate surface area is 105 Å². The van der Waals surface area contributed by atoms with Gasteiger partial charge >= 0.3 is 0 Å². The zero-order chi connectivity index (χ0) is 12.5. The molecule has 1 aromatic carbocycles. The van der Waals surface area contributed by atoms with Gasteiger partial charge in [-0.3, -0.25) is 4.79 Å². The number of aromatic nitrogens is 2. The molecular weight excluding hydrogens is 228 g/mol. The van der Waals surface area contributed by atoms with Crippen LogP contribution >= 0.6 is 0 Å². The van der Waals surface area contributed by atoms with Crippen LogP contribution in [0, 0.1) is 0 Å². The van der Waals surface area contributed by atoms with E-state index >= 15 is 0 Å². The van der Waals surface area contributed by atoms with Crippen LogP contribution in [0.1, 0.15) is 24.6 Å². The number of aromatic amines is 1. The van der Waals surface area contributed by atoms with Crippen LogP contribution in [0.3, 0.4) is 0 Å². The second-order valence-electron chi connectivity index (χ2n) is 4.52. The van der Waals surface area contributed by atoms with Gasteiger partial charge in [0, 0.05) is 17.5 Å². The lowest BCUT2D eigenvalue weighted by Crippen LogP contribution is -2.10. The fraction of sp³-hybridized carbons (Fsp3) is 0.286. The zero-order valence-corrected chi connectivity index (χ0v) is 10.1. The predicted octanol–water partition coefficient (Wildman–Crippen LogP) is 2.32. The van der Waals surface area contributed by atoms with Crippen LogP contribution in [0.5, 0.6) is 5.75 Å². The summed E-state index contributed by atoms with van der Waals surface area (Å²) in [6, 6.07) is 9.12. The van der Waals surface area contributed by atoms with Gasteiger partial charge in [-0.25, -0.2) is 4.98 Å². The Bertz CT molecular complexity index is 630. The van der Waals surface area contributed by atoms with E-state index in [1.165, 1.54) is 6.07 Å². The SMILES string of the molecule is COc1cccc(-c2cc(=O)[nH]c(C3CC3)n2)c1. The summed E-state index contributed by atoms with van der Waals surface area (Å²) in [5.74, 6) is 2.01. The molecule has 4 nitrogen and oxygen atoms in total.